The van der Waals surface area contributed by atoms with Crippen LogP contribution < -0.4 is 5.32 Å². The van der Waals surface area contributed by atoms with Gasteiger partial charge in [-0.2, -0.15) is 0 Å². The maximum absolute atomic E-state index is 12.2. The molecule has 1 aliphatic heterocycles. The van der Waals surface area contributed by atoms with E-state index in [1.54, 1.807) is 6.07 Å². The molecule has 27 heavy (non-hydrogen) atoms. The lowest BCUT2D eigenvalue weighted by Crippen LogP contribution is -2.24. The van der Waals surface area contributed by atoms with E-state index in [0.29, 0.717) is 5.69 Å². The molecule has 0 fully saturated rings. The Bertz CT molecular complexity index is 980. The van der Waals surface area contributed by atoms with E-state index in [9.17, 15) is 19.2 Å². The number of hydrogen-bond donors (Lipinski definition) is 1. The van der Waals surface area contributed by atoms with Crippen molar-refractivity contribution in [3.63, 3.8) is 0 Å². The first-order chi connectivity index (χ1) is 12.8. The second kappa shape index (κ2) is 7.03. The van der Waals surface area contributed by atoms with E-state index in [1.807, 2.05) is 26.0 Å². The number of nitrogens with one attached hydrogen (secondary N) is 1. The largest absolute Gasteiger partial charge is 0.452 e. The molecule has 0 unspecified atom stereocenters. The second-order valence-electron chi connectivity index (χ2n) is 6.35. The first kappa shape index (κ1) is 18.3. The smallest absolute Gasteiger partial charge is 0.338 e. The van der Waals surface area contributed by atoms with E-state index >= 15 is 0 Å². The normalized spacial score (nSPS) is 12.8. The standard InChI is InChI=1S/C20H18N2O5/c1-11-4-6-14(8-12(11)2)21-17(23)10-27-20(26)13-5-7-15-16(9-13)19(25)22(3)18(15)24/h4-9H,10H2,1-3H3,(H,21,23). The number of rotatable bonds is 4. The number of imide groups is 1. The van der Waals surface area contributed by atoms with Crippen LogP contribution in [0.25, 0.3) is 0 Å². The fourth-order valence-corrected chi connectivity index (χ4v) is 2.72. The minimum atomic E-state index is -0.747. The highest BCUT2D eigenvalue weighted by molar-refractivity contribution is 6.21. The maximum Gasteiger partial charge on any atom is 0.338 e. The monoisotopic (exact) mass is 366 g/mol. The summed E-state index contributed by atoms with van der Waals surface area (Å²) in [7, 11) is 1.37. The molecule has 1 N–H and O–H groups in total. The lowest BCUT2D eigenvalue weighted by Gasteiger charge is -2.08. The predicted molar refractivity (Wildman–Crippen MR) is 97.7 cm³/mol. The number of aryl methyl sites for hydroxylation is 2. The van der Waals surface area contributed by atoms with Crippen LogP contribution in [0.4, 0.5) is 5.69 Å². The molecular formula is C20H18N2O5. The van der Waals surface area contributed by atoms with Gasteiger partial charge < -0.3 is 10.1 Å². The van der Waals surface area contributed by atoms with Crippen LogP contribution in [0, 0.1) is 13.8 Å². The van der Waals surface area contributed by atoms with Crippen molar-refractivity contribution in [2.24, 2.45) is 0 Å². The van der Waals surface area contributed by atoms with Crippen molar-refractivity contribution in [2.45, 2.75) is 13.8 Å². The Kier molecular flexibility index (Phi) is 4.77. The lowest BCUT2D eigenvalue weighted by molar-refractivity contribution is -0.119. The van der Waals surface area contributed by atoms with Gasteiger partial charge in [0, 0.05) is 12.7 Å². The van der Waals surface area contributed by atoms with Crippen LogP contribution in [0.3, 0.4) is 0 Å². The third-order valence-corrected chi connectivity index (χ3v) is 4.45. The van der Waals surface area contributed by atoms with Crippen molar-refractivity contribution in [2.75, 3.05) is 19.0 Å². The van der Waals surface area contributed by atoms with E-state index < -0.39 is 30.3 Å². The summed E-state index contributed by atoms with van der Waals surface area (Å²) in [5, 5.41) is 2.66. The fourth-order valence-electron chi connectivity index (χ4n) is 2.72. The third kappa shape index (κ3) is 3.57. The molecule has 7 nitrogen and oxygen atoms in total. The van der Waals surface area contributed by atoms with Crippen LogP contribution in [0.2, 0.25) is 0 Å². The topological polar surface area (TPSA) is 92.8 Å². The molecule has 1 heterocycles. The van der Waals surface area contributed by atoms with Gasteiger partial charge in [0.1, 0.15) is 0 Å². The van der Waals surface area contributed by atoms with Crippen LogP contribution >= 0.6 is 0 Å². The Morgan fingerprint density at radius 3 is 2.37 bits per heavy atom. The molecule has 2 aromatic rings. The summed E-state index contributed by atoms with van der Waals surface area (Å²) in [6, 6.07) is 9.59. The molecule has 138 valence electrons. The molecule has 2 aromatic carbocycles. The molecule has 0 atom stereocenters. The average molecular weight is 366 g/mol. The minimum absolute atomic E-state index is 0.101. The summed E-state index contributed by atoms with van der Waals surface area (Å²) in [6.07, 6.45) is 0. The molecule has 3 amide bonds. The van der Waals surface area contributed by atoms with Gasteiger partial charge in [0.15, 0.2) is 6.61 Å². The Hall–Kier alpha value is -3.48. The van der Waals surface area contributed by atoms with Gasteiger partial charge >= 0.3 is 5.97 Å². The van der Waals surface area contributed by atoms with E-state index in [2.05, 4.69) is 5.32 Å². The molecule has 0 saturated heterocycles. The van der Waals surface area contributed by atoms with Crippen LogP contribution in [-0.2, 0) is 9.53 Å². The summed E-state index contributed by atoms with van der Waals surface area (Å²) in [4.78, 5) is 49.0. The zero-order chi connectivity index (χ0) is 19.7. The number of benzene rings is 2. The molecule has 7 heteroatoms. The van der Waals surface area contributed by atoms with Crippen molar-refractivity contribution >= 4 is 29.4 Å². The van der Waals surface area contributed by atoms with Gasteiger partial charge in [0.25, 0.3) is 17.7 Å². The first-order valence-corrected chi connectivity index (χ1v) is 8.28. The number of amides is 3. The van der Waals surface area contributed by atoms with Gasteiger partial charge in [-0.1, -0.05) is 6.07 Å². The summed E-state index contributed by atoms with van der Waals surface area (Å²) in [5.41, 5.74) is 3.25. The van der Waals surface area contributed by atoms with Crippen LogP contribution in [-0.4, -0.2) is 42.2 Å². The number of anilines is 1. The molecule has 0 aromatic heterocycles. The molecule has 0 radical (unpaired) electrons. The number of ether oxygens (including phenoxy) is 1. The van der Waals surface area contributed by atoms with Crippen molar-refractivity contribution in [3.05, 3.63) is 64.2 Å². The Labute approximate surface area is 155 Å². The van der Waals surface area contributed by atoms with E-state index in [4.69, 9.17) is 4.74 Å². The molecule has 0 bridgehead atoms. The number of fused-ring (bicyclic) bond motifs is 1. The van der Waals surface area contributed by atoms with Gasteiger partial charge in [-0.3, -0.25) is 19.3 Å². The minimum Gasteiger partial charge on any atom is -0.452 e. The molecule has 1 aliphatic rings. The Balaban J connectivity index is 1.63. The Morgan fingerprint density at radius 1 is 0.963 bits per heavy atom. The third-order valence-electron chi connectivity index (χ3n) is 4.45. The lowest BCUT2D eigenvalue weighted by atomic mass is 10.1. The van der Waals surface area contributed by atoms with Gasteiger partial charge in [-0.25, -0.2) is 4.79 Å². The quantitative estimate of drug-likeness (QED) is 0.662. The maximum atomic E-state index is 12.2. The van der Waals surface area contributed by atoms with Gasteiger partial charge in [0.05, 0.1) is 16.7 Å². The van der Waals surface area contributed by atoms with Crippen molar-refractivity contribution in [3.8, 4) is 0 Å². The Morgan fingerprint density at radius 2 is 1.67 bits per heavy atom. The second-order valence-corrected chi connectivity index (χ2v) is 6.35. The zero-order valence-electron chi connectivity index (χ0n) is 15.2. The molecule has 3 rings (SSSR count). The number of hydrogen-bond acceptors (Lipinski definition) is 5. The molecular weight excluding hydrogens is 348 g/mol. The zero-order valence-corrected chi connectivity index (χ0v) is 15.2. The van der Waals surface area contributed by atoms with Crippen molar-refractivity contribution < 1.29 is 23.9 Å². The van der Waals surface area contributed by atoms with E-state index in [0.717, 1.165) is 16.0 Å². The highest BCUT2D eigenvalue weighted by atomic mass is 16.5. The summed E-state index contributed by atoms with van der Waals surface area (Å²) < 4.78 is 5.00. The van der Waals surface area contributed by atoms with E-state index in [1.165, 1.54) is 25.2 Å². The van der Waals surface area contributed by atoms with Crippen LogP contribution in [0.15, 0.2) is 36.4 Å². The van der Waals surface area contributed by atoms with Gasteiger partial charge in [-0.05, 0) is 55.3 Å². The number of carbonyl (C=O) groups excluding carboxylic acids is 4. The molecule has 0 aliphatic carbocycles. The number of esters is 1. The first-order valence-electron chi connectivity index (χ1n) is 8.28. The molecule has 0 saturated carbocycles. The summed E-state index contributed by atoms with van der Waals surface area (Å²) in [5.74, 6) is -2.11. The SMILES string of the molecule is Cc1ccc(NC(=O)COC(=O)c2ccc3c(c2)C(=O)N(C)C3=O)cc1C. The predicted octanol–water partition coefficient (Wildman–Crippen LogP) is 2.32. The number of nitrogens with zero attached hydrogens (tertiary/aromatic N) is 1. The molecule has 0 spiro atoms. The summed E-state index contributed by atoms with van der Waals surface area (Å²) in [6.45, 7) is 3.44. The van der Waals surface area contributed by atoms with E-state index in [-0.39, 0.29) is 16.7 Å². The average Bonchev–Trinajstić information content (AvgIpc) is 2.86. The van der Waals surface area contributed by atoms with Crippen LogP contribution in [0.1, 0.15) is 42.2 Å². The van der Waals surface area contributed by atoms with Crippen molar-refractivity contribution in [1.29, 1.82) is 0 Å². The highest BCUT2D eigenvalue weighted by Gasteiger charge is 2.33. The summed E-state index contributed by atoms with van der Waals surface area (Å²) >= 11 is 0. The number of carbonyl (C=O) groups is 4. The highest BCUT2D eigenvalue weighted by Crippen LogP contribution is 2.23. The fraction of sp³-hybridized carbons (Fsp3) is 0.200. The van der Waals surface area contributed by atoms with Crippen molar-refractivity contribution in [1.82, 2.24) is 4.90 Å². The van der Waals surface area contributed by atoms with Gasteiger partial charge in [-0.15, -0.1) is 0 Å². The van der Waals surface area contributed by atoms with Crippen LogP contribution in [0.5, 0.6) is 0 Å². The van der Waals surface area contributed by atoms with Gasteiger partial charge in [0.2, 0.25) is 0 Å².